The number of rotatable bonds is 3. The number of fused-ring (bicyclic) bond motifs is 1. The van der Waals surface area contributed by atoms with Crippen LogP contribution in [0.3, 0.4) is 0 Å². The fourth-order valence-corrected chi connectivity index (χ4v) is 3.08. The first-order chi connectivity index (χ1) is 12.7. The van der Waals surface area contributed by atoms with Gasteiger partial charge in [0.05, 0.1) is 30.5 Å². The zero-order chi connectivity index (χ0) is 18.1. The number of aromatic nitrogens is 4. The average molecular weight is 351 g/mol. The number of hydrogen-bond acceptors (Lipinski definition) is 9. The SMILES string of the molecule is Cc1nc2nonc2c(N)c1Cc1cc(C#N)cc(N2CCOCC2)n1. The molecule has 1 aliphatic heterocycles. The zero-order valence-corrected chi connectivity index (χ0v) is 14.3. The predicted octanol–water partition coefficient (Wildman–Crippen LogP) is 1.20. The van der Waals surface area contributed by atoms with Gasteiger partial charge in [-0.05, 0) is 29.4 Å². The maximum absolute atomic E-state index is 9.39. The number of anilines is 2. The summed E-state index contributed by atoms with van der Waals surface area (Å²) in [5, 5.41) is 16.9. The molecule has 0 amide bonds. The van der Waals surface area contributed by atoms with Crippen LogP contribution in [-0.4, -0.2) is 46.6 Å². The molecule has 9 heteroatoms. The number of hydrogen-bond donors (Lipinski definition) is 1. The van der Waals surface area contributed by atoms with Crippen molar-refractivity contribution >= 4 is 22.7 Å². The molecule has 0 unspecified atom stereocenters. The molecule has 3 aromatic heterocycles. The number of nitrogen functional groups attached to an aromatic ring is 1. The van der Waals surface area contributed by atoms with E-state index in [0.29, 0.717) is 42.0 Å². The third kappa shape index (κ3) is 2.91. The Kier molecular flexibility index (Phi) is 4.10. The van der Waals surface area contributed by atoms with Crippen LogP contribution in [0.4, 0.5) is 11.5 Å². The molecule has 3 aromatic rings. The molecule has 0 aliphatic carbocycles. The molecule has 26 heavy (non-hydrogen) atoms. The summed E-state index contributed by atoms with van der Waals surface area (Å²) in [6.07, 6.45) is 0.445. The fourth-order valence-electron chi connectivity index (χ4n) is 3.08. The molecule has 1 saturated heterocycles. The van der Waals surface area contributed by atoms with E-state index in [-0.39, 0.29) is 0 Å². The minimum atomic E-state index is 0.386. The summed E-state index contributed by atoms with van der Waals surface area (Å²) in [5.41, 5.74) is 10.4. The van der Waals surface area contributed by atoms with Gasteiger partial charge < -0.3 is 15.4 Å². The molecule has 1 fully saturated rings. The quantitative estimate of drug-likeness (QED) is 0.740. The van der Waals surface area contributed by atoms with E-state index in [9.17, 15) is 5.26 Å². The molecular weight excluding hydrogens is 334 g/mol. The summed E-state index contributed by atoms with van der Waals surface area (Å²) < 4.78 is 10.1. The van der Waals surface area contributed by atoms with Crippen molar-refractivity contribution in [2.75, 3.05) is 36.9 Å². The second-order valence-electron chi connectivity index (χ2n) is 6.12. The largest absolute Gasteiger partial charge is 0.396 e. The molecule has 132 valence electrons. The van der Waals surface area contributed by atoms with Crippen molar-refractivity contribution in [2.45, 2.75) is 13.3 Å². The Balaban J connectivity index is 1.73. The molecule has 0 bridgehead atoms. The van der Waals surface area contributed by atoms with E-state index < -0.39 is 0 Å². The minimum Gasteiger partial charge on any atom is -0.396 e. The van der Waals surface area contributed by atoms with E-state index in [1.807, 2.05) is 6.92 Å². The number of nitriles is 1. The van der Waals surface area contributed by atoms with Crippen LogP contribution >= 0.6 is 0 Å². The maximum Gasteiger partial charge on any atom is 0.226 e. The number of ether oxygens (including phenoxy) is 1. The summed E-state index contributed by atoms with van der Waals surface area (Å²) in [4.78, 5) is 11.2. The fraction of sp³-hybridized carbons (Fsp3) is 0.353. The van der Waals surface area contributed by atoms with Crippen molar-refractivity contribution < 1.29 is 9.37 Å². The van der Waals surface area contributed by atoms with Crippen molar-refractivity contribution in [1.29, 1.82) is 5.26 Å². The van der Waals surface area contributed by atoms with Crippen molar-refractivity contribution in [2.24, 2.45) is 0 Å². The van der Waals surface area contributed by atoms with Crippen molar-refractivity contribution in [3.05, 3.63) is 34.6 Å². The van der Waals surface area contributed by atoms with Crippen molar-refractivity contribution in [1.82, 2.24) is 20.3 Å². The number of pyridine rings is 2. The summed E-state index contributed by atoms with van der Waals surface area (Å²) in [6.45, 7) is 4.66. The number of nitrogens with two attached hydrogens (primary N) is 1. The highest BCUT2D eigenvalue weighted by atomic mass is 16.6. The maximum atomic E-state index is 9.39. The molecule has 0 saturated carbocycles. The molecule has 0 radical (unpaired) electrons. The second-order valence-corrected chi connectivity index (χ2v) is 6.12. The monoisotopic (exact) mass is 351 g/mol. The Hall–Kier alpha value is -3.25. The molecule has 2 N–H and O–H groups in total. The Morgan fingerprint density at radius 3 is 2.81 bits per heavy atom. The van der Waals surface area contributed by atoms with Crippen molar-refractivity contribution in [3.8, 4) is 6.07 Å². The average Bonchev–Trinajstić information content (AvgIpc) is 3.14. The lowest BCUT2D eigenvalue weighted by Gasteiger charge is -2.28. The highest BCUT2D eigenvalue weighted by Gasteiger charge is 2.18. The van der Waals surface area contributed by atoms with Gasteiger partial charge >= 0.3 is 0 Å². The van der Waals surface area contributed by atoms with Gasteiger partial charge in [-0.3, -0.25) is 0 Å². The van der Waals surface area contributed by atoms with Gasteiger partial charge in [-0.25, -0.2) is 14.6 Å². The zero-order valence-electron chi connectivity index (χ0n) is 14.3. The minimum absolute atomic E-state index is 0.386. The third-order valence-corrected chi connectivity index (χ3v) is 4.45. The Morgan fingerprint density at radius 1 is 1.23 bits per heavy atom. The standard InChI is InChI=1S/C17H17N7O2/c1-10-13(15(19)16-17(20-10)23-26-22-16)8-12-6-11(9-18)7-14(21-12)24-2-4-25-5-3-24/h6-7H,2-5,8,19H2,1H3. The lowest BCUT2D eigenvalue weighted by Crippen LogP contribution is -2.36. The van der Waals surface area contributed by atoms with Crippen LogP contribution < -0.4 is 10.6 Å². The van der Waals surface area contributed by atoms with Crippen LogP contribution in [0.1, 0.15) is 22.5 Å². The Bertz CT molecular complexity index is 1000. The van der Waals surface area contributed by atoms with Crippen molar-refractivity contribution in [3.63, 3.8) is 0 Å². The molecule has 4 rings (SSSR count). The van der Waals surface area contributed by atoms with E-state index in [0.717, 1.165) is 35.9 Å². The number of morpholine rings is 1. The van der Waals surface area contributed by atoms with E-state index in [1.54, 1.807) is 12.1 Å². The molecule has 0 atom stereocenters. The van der Waals surface area contributed by atoms with E-state index in [1.165, 1.54) is 0 Å². The predicted molar refractivity (Wildman–Crippen MR) is 93.5 cm³/mol. The van der Waals surface area contributed by atoms with Crippen LogP contribution in [0.5, 0.6) is 0 Å². The second kappa shape index (κ2) is 6.57. The van der Waals surface area contributed by atoms with Gasteiger partial charge in [0.15, 0.2) is 5.52 Å². The normalized spacial score (nSPS) is 14.5. The first kappa shape index (κ1) is 16.2. The summed E-state index contributed by atoms with van der Waals surface area (Å²) in [7, 11) is 0. The third-order valence-electron chi connectivity index (χ3n) is 4.45. The Morgan fingerprint density at radius 2 is 2.04 bits per heavy atom. The molecular formula is C17H17N7O2. The topological polar surface area (TPSA) is 127 Å². The highest BCUT2D eigenvalue weighted by molar-refractivity contribution is 5.85. The lowest BCUT2D eigenvalue weighted by molar-refractivity contribution is 0.122. The van der Waals surface area contributed by atoms with Crippen LogP contribution in [0, 0.1) is 18.3 Å². The van der Waals surface area contributed by atoms with Crippen LogP contribution in [-0.2, 0) is 11.2 Å². The van der Waals surface area contributed by atoms with Crippen LogP contribution in [0.2, 0.25) is 0 Å². The first-order valence-corrected chi connectivity index (χ1v) is 8.26. The van der Waals surface area contributed by atoms with Gasteiger partial charge in [0.1, 0.15) is 5.82 Å². The summed E-state index contributed by atoms with van der Waals surface area (Å²) >= 11 is 0. The van der Waals surface area contributed by atoms with E-state index in [2.05, 4.69) is 26.3 Å². The Labute approximate surface area is 149 Å². The van der Waals surface area contributed by atoms with Gasteiger partial charge in [-0.15, -0.1) is 0 Å². The number of nitrogens with zero attached hydrogens (tertiary/aromatic N) is 6. The highest BCUT2D eigenvalue weighted by Crippen LogP contribution is 2.26. The van der Waals surface area contributed by atoms with Gasteiger partial charge in [-0.1, -0.05) is 0 Å². The van der Waals surface area contributed by atoms with E-state index >= 15 is 0 Å². The molecule has 0 aromatic carbocycles. The van der Waals surface area contributed by atoms with Crippen LogP contribution in [0.15, 0.2) is 16.8 Å². The van der Waals surface area contributed by atoms with Gasteiger partial charge in [0.25, 0.3) is 0 Å². The molecule has 9 nitrogen and oxygen atoms in total. The lowest BCUT2D eigenvalue weighted by atomic mass is 10.0. The molecule has 4 heterocycles. The smallest absolute Gasteiger partial charge is 0.226 e. The van der Waals surface area contributed by atoms with Gasteiger partial charge in [-0.2, -0.15) is 5.26 Å². The summed E-state index contributed by atoms with van der Waals surface area (Å²) in [6, 6.07) is 5.78. The van der Waals surface area contributed by atoms with Gasteiger partial charge in [0, 0.05) is 36.5 Å². The van der Waals surface area contributed by atoms with E-state index in [4.69, 9.17) is 20.1 Å². The van der Waals surface area contributed by atoms with Gasteiger partial charge in [0.2, 0.25) is 5.65 Å². The summed E-state index contributed by atoms with van der Waals surface area (Å²) in [5.74, 6) is 0.774. The van der Waals surface area contributed by atoms with Crippen LogP contribution in [0.25, 0.3) is 11.2 Å². The number of aryl methyl sites for hydroxylation is 1. The first-order valence-electron chi connectivity index (χ1n) is 8.26. The molecule has 1 aliphatic rings. The molecule has 0 spiro atoms.